The molecule has 0 saturated heterocycles. The lowest BCUT2D eigenvalue weighted by Crippen LogP contribution is -2.35. The van der Waals surface area contributed by atoms with Gasteiger partial charge in [0, 0.05) is 30.2 Å². The van der Waals surface area contributed by atoms with E-state index in [9.17, 15) is 9.18 Å². The molecule has 1 atom stereocenters. The molecule has 0 spiro atoms. The molecule has 1 amide bonds. The van der Waals surface area contributed by atoms with Crippen molar-refractivity contribution < 1.29 is 9.18 Å². The minimum absolute atomic E-state index is 0.00492. The van der Waals surface area contributed by atoms with Gasteiger partial charge < -0.3 is 5.32 Å². The Balaban J connectivity index is 1.54. The fraction of sp³-hybridized carbons (Fsp3) is 0.391. The Kier molecular flexibility index (Phi) is 6.96. The van der Waals surface area contributed by atoms with Gasteiger partial charge in [0.1, 0.15) is 5.82 Å². The van der Waals surface area contributed by atoms with E-state index >= 15 is 0 Å². The summed E-state index contributed by atoms with van der Waals surface area (Å²) in [5, 5.41) is 12.1. The van der Waals surface area contributed by atoms with E-state index in [4.69, 9.17) is 0 Å². The molecule has 1 saturated carbocycles. The van der Waals surface area contributed by atoms with Crippen LogP contribution < -0.4 is 5.32 Å². The topological polar surface area (TPSA) is 72.7 Å². The first kappa shape index (κ1) is 21.5. The maximum atomic E-state index is 13.5. The molecule has 2 aromatic heterocycles. The standard InChI is InChI=1S/C23H26FN5OS/c1-16(22(30)26-15-17-5-3-2-4-6-17)31-23-28-27-21(18-11-13-25-14-12-18)29(23)20-9-7-19(24)8-10-20/h7-14,16-17H,2-6,15H2,1H3,(H,26,30)/t16-/m1/s1. The van der Waals surface area contributed by atoms with E-state index in [1.165, 1.54) is 56.0 Å². The molecule has 1 fully saturated rings. The van der Waals surface area contributed by atoms with Crippen molar-refractivity contribution in [3.05, 3.63) is 54.6 Å². The van der Waals surface area contributed by atoms with Gasteiger partial charge in [0.15, 0.2) is 11.0 Å². The maximum absolute atomic E-state index is 13.5. The quantitative estimate of drug-likeness (QED) is 0.543. The van der Waals surface area contributed by atoms with Crippen LogP contribution in [0, 0.1) is 11.7 Å². The van der Waals surface area contributed by atoms with Crippen LogP contribution in [0.2, 0.25) is 0 Å². The number of pyridine rings is 1. The molecule has 0 bridgehead atoms. The fourth-order valence-electron chi connectivity index (χ4n) is 3.85. The summed E-state index contributed by atoms with van der Waals surface area (Å²) in [4.78, 5) is 16.8. The molecule has 8 heteroatoms. The normalized spacial score (nSPS) is 15.5. The van der Waals surface area contributed by atoms with Crippen LogP contribution in [0.1, 0.15) is 39.0 Å². The zero-order valence-corrected chi connectivity index (χ0v) is 18.3. The lowest BCUT2D eigenvalue weighted by atomic mass is 9.89. The van der Waals surface area contributed by atoms with E-state index in [0.717, 1.165) is 17.8 Å². The second-order valence-corrected chi connectivity index (χ2v) is 9.17. The molecule has 1 aromatic carbocycles. The summed E-state index contributed by atoms with van der Waals surface area (Å²) in [5.41, 5.74) is 1.57. The highest BCUT2D eigenvalue weighted by atomic mass is 32.2. The number of rotatable bonds is 7. The van der Waals surface area contributed by atoms with Crippen molar-refractivity contribution >= 4 is 17.7 Å². The molecule has 0 aliphatic heterocycles. The van der Waals surface area contributed by atoms with Crippen LogP contribution in [0.3, 0.4) is 0 Å². The molecule has 1 N–H and O–H groups in total. The molecule has 6 nitrogen and oxygen atoms in total. The number of benzene rings is 1. The van der Waals surface area contributed by atoms with Gasteiger partial charge in [-0.25, -0.2) is 4.39 Å². The average Bonchev–Trinajstić information content (AvgIpc) is 3.22. The van der Waals surface area contributed by atoms with Gasteiger partial charge in [-0.15, -0.1) is 10.2 Å². The van der Waals surface area contributed by atoms with Gasteiger partial charge in [0.25, 0.3) is 0 Å². The summed E-state index contributed by atoms with van der Waals surface area (Å²) in [6, 6.07) is 9.86. The molecule has 3 aromatic rings. The number of hydrogen-bond acceptors (Lipinski definition) is 5. The van der Waals surface area contributed by atoms with Crippen LogP contribution >= 0.6 is 11.8 Å². The van der Waals surface area contributed by atoms with Gasteiger partial charge in [0.2, 0.25) is 5.91 Å². The second-order valence-electron chi connectivity index (χ2n) is 7.86. The first-order valence-corrected chi connectivity index (χ1v) is 11.6. The van der Waals surface area contributed by atoms with Gasteiger partial charge >= 0.3 is 0 Å². The molecule has 0 unspecified atom stereocenters. The third kappa shape index (κ3) is 5.31. The summed E-state index contributed by atoms with van der Waals surface area (Å²) < 4.78 is 15.4. The molecule has 162 valence electrons. The average molecular weight is 440 g/mol. The molecular weight excluding hydrogens is 413 g/mol. The van der Waals surface area contributed by atoms with Gasteiger partial charge in [-0.05, 0) is 62.1 Å². The minimum Gasteiger partial charge on any atom is -0.355 e. The Morgan fingerprint density at radius 2 is 1.84 bits per heavy atom. The number of thioether (sulfide) groups is 1. The number of hydrogen-bond donors (Lipinski definition) is 1. The largest absolute Gasteiger partial charge is 0.355 e. The monoisotopic (exact) mass is 439 g/mol. The molecule has 1 aliphatic carbocycles. The third-order valence-electron chi connectivity index (χ3n) is 5.60. The van der Waals surface area contributed by atoms with Crippen molar-refractivity contribution in [2.24, 2.45) is 5.92 Å². The summed E-state index contributed by atoms with van der Waals surface area (Å²) >= 11 is 1.35. The lowest BCUT2D eigenvalue weighted by Gasteiger charge is -2.22. The van der Waals surface area contributed by atoms with E-state index in [1.54, 1.807) is 24.5 Å². The van der Waals surface area contributed by atoms with E-state index in [-0.39, 0.29) is 17.0 Å². The zero-order valence-electron chi connectivity index (χ0n) is 17.5. The Hall–Kier alpha value is -2.74. The van der Waals surface area contributed by atoms with Gasteiger partial charge in [0.05, 0.1) is 5.25 Å². The van der Waals surface area contributed by atoms with E-state index in [2.05, 4.69) is 20.5 Å². The number of amides is 1. The lowest BCUT2D eigenvalue weighted by molar-refractivity contribution is -0.120. The van der Waals surface area contributed by atoms with E-state index in [0.29, 0.717) is 16.9 Å². The minimum atomic E-state index is -0.336. The predicted octanol–water partition coefficient (Wildman–Crippen LogP) is 4.65. The first-order valence-electron chi connectivity index (χ1n) is 10.7. The molecule has 2 heterocycles. The zero-order chi connectivity index (χ0) is 21.6. The van der Waals surface area contributed by atoms with Crippen molar-refractivity contribution in [1.82, 2.24) is 25.1 Å². The summed E-state index contributed by atoms with van der Waals surface area (Å²) in [5.74, 6) is 0.879. The number of nitrogens with zero attached hydrogens (tertiary/aromatic N) is 4. The van der Waals surface area contributed by atoms with Crippen LogP contribution in [0.15, 0.2) is 53.9 Å². The van der Waals surface area contributed by atoms with Crippen molar-refractivity contribution in [2.45, 2.75) is 49.4 Å². The SMILES string of the molecule is C[C@@H](Sc1nnc(-c2ccncc2)n1-c1ccc(F)cc1)C(=O)NCC1CCCCC1. The first-order chi connectivity index (χ1) is 15.1. The Morgan fingerprint density at radius 1 is 1.13 bits per heavy atom. The second kappa shape index (κ2) is 10.0. The number of carbonyl (C=O) groups is 1. The predicted molar refractivity (Wildman–Crippen MR) is 119 cm³/mol. The maximum Gasteiger partial charge on any atom is 0.233 e. The Morgan fingerprint density at radius 3 is 2.55 bits per heavy atom. The number of halogens is 1. The van der Waals surface area contributed by atoms with Crippen LogP contribution in [0.4, 0.5) is 4.39 Å². The van der Waals surface area contributed by atoms with Gasteiger partial charge in [-0.2, -0.15) is 0 Å². The van der Waals surface area contributed by atoms with Crippen LogP contribution in [-0.4, -0.2) is 37.5 Å². The number of nitrogens with one attached hydrogen (secondary N) is 1. The highest BCUT2D eigenvalue weighted by molar-refractivity contribution is 8.00. The number of aromatic nitrogens is 4. The molecule has 1 aliphatic rings. The van der Waals surface area contributed by atoms with Crippen LogP contribution in [0.25, 0.3) is 17.1 Å². The van der Waals surface area contributed by atoms with Crippen molar-refractivity contribution in [3.8, 4) is 17.1 Å². The highest BCUT2D eigenvalue weighted by Gasteiger charge is 2.23. The number of carbonyl (C=O) groups excluding carboxylic acids is 1. The molecule has 4 rings (SSSR count). The molecular formula is C23H26FN5OS. The summed E-state index contributed by atoms with van der Waals surface area (Å²) in [6.45, 7) is 2.60. The smallest absolute Gasteiger partial charge is 0.233 e. The molecule has 31 heavy (non-hydrogen) atoms. The van der Waals surface area contributed by atoms with E-state index < -0.39 is 0 Å². The fourth-order valence-corrected chi connectivity index (χ4v) is 4.74. The molecule has 0 radical (unpaired) electrons. The van der Waals surface area contributed by atoms with Crippen molar-refractivity contribution in [2.75, 3.05) is 6.54 Å². The summed E-state index contributed by atoms with van der Waals surface area (Å²) in [7, 11) is 0. The van der Waals surface area contributed by atoms with Gasteiger partial charge in [-0.3, -0.25) is 14.3 Å². The summed E-state index contributed by atoms with van der Waals surface area (Å²) in [6.07, 6.45) is 9.56. The Labute approximate surface area is 185 Å². The third-order valence-corrected chi connectivity index (χ3v) is 6.64. The van der Waals surface area contributed by atoms with Gasteiger partial charge in [-0.1, -0.05) is 31.0 Å². The highest BCUT2D eigenvalue weighted by Crippen LogP contribution is 2.30. The van der Waals surface area contributed by atoms with Crippen LogP contribution in [0.5, 0.6) is 0 Å². The van der Waals surface area contributed by atoms with E-state index in [1.807, 2.05) is 23.6 Å². The van der Waals surface area contributed by atoms with Crippen molar-refractivity contribution in [1.29, 1.82) is 0 Å². The van der Waals surface area contributed by atoms with Crippen molar-refractivity contribution in [3.63, 3.8) is 0 Å². The van der Waals surface area contributed by atoms with Crippen LogP contribution in [-0.2, 0) is 4.79 Å². The Bertz CT molecular complexity index is 1000.